The van der Waals surface area contributed by atoms with Gasteiger partial charge in [-0.2, -0.15) is 0 Å². The molecule has 0 aliphatic heterocycles. The molecule has 2 atom stereocenters. The van der Waals surface area contributed by atoms with E-state index in [4.69, 9.17) is 0 Å². The molecule has 3 nitrogen and oxygen atoms in total. The quantitative estimate of drug-likeness (QED) is 0.632. The predicted molar refractivity (Wildman–Crippen MR) is 109 cm³/mol. The standard InChI is InChI=1S/C24H25FN2O/c1-23(2)17-13-14-24(23,3)21-20(17)22(28)27(19-12-8-7-11-18(19)25)26(21)15-16-9-5-4-6-10-16/h4-12,17H,13-15H2,1-3H3. The lowest BCUT2D eigenvalue weighted by Crippen LogP contribution is -2.36. The van der Waals surface area contributed by atoms with Gasteiger partial charge in [-0.05, 0) is 41.9 Å². The van der Waals surface area contributed by atoms with Gasteiger partial charge >= 0.3 is 0 Å². The fourth-order valence-electron chi connectivity index (χ4n) is 5.66. The van der Waals surface area contributed by atoms with Crippen molar-refractivity contribution in [3.8, 4) is 5.69 Å². The molecular weight excluding hydrogens is 351 g/mol. The van der Waals surface area contributed by atoms with Crippen LogP contribution in [0.15, 0.2) is 59.4 Å². The number of hydrogen-bond acceptors (Lipinski definition) is 1. The van der Waals surface area contributed by atoms with Gasteiger partial charge in [0.05, 0.1) is 12.2 Å². The van der Waals surface area contributed by atoms with Crippen LogP contribution in [-0.2, 0) is 12.0 Å². The van der Waals surface area contributed by atoms with E-state index >= 15 is 0 Å². The van der Waals surface area contributed by atoms with Crippen molar-refractivity contribution in [2.45, 2.75) is 51.5 Å². The van der Waals surface area contributed by atoms with Crippen molar-refractivity contribution in [2.75, 3.05) is 0 Å². The molecule has 0 saturated heterocycles. The minimum absolute atomic E-state index is 0.0313. The topological polar surface area (TPSA) is 26.9 Å². The molecule has 2 bridgehead atoms. The van der Waals surface area contributed by atoms with Crippen molar-refractivity contribution < 1.29 is 4.39 Å². The van der Waals surface area contributed by atoms with E-state index in [9.17, 15) is 9.18 Å². The molecule has 0 spiro atoms. The highest BCUT2D eigenvalue weighted by atomic mass is 19.1. The number of hydrogen-bond donors (Lipinski definition) is 0. The molecule has 1 saturated carbocycles. The maximum Gasteiger partial charge on any atom is 0.275 e. The fourth-order valence-corrected chi connectivity index (χ4v) is 5.66. The zero-order chi connectivity index (χ0) is 19.7. The molecule has 144 valence electrons. The summed E-state index contributed by atoms with van der Waals surface area (Å²) in [6.07, 6.45) is 2.09. The monoisotopic (exact) mass is 376 g/mol. The summed E-state index contributed by atoms with van der Waals surface area (Å²) in [6.45, 7) is 7.40. The molecule has 28 heavy (non-hydrogen) atoms. The van der Waals surface area contributed by atoms with Crippen molar-refractivity contribution >= 4 is 0 Å². The van der Waals surface area contributed by atoms with Crippen LogP contribution in [-0.4, -0.2) is 9.36 Å². The molecule has 1 heterocycles. The van der Waals surface area contributed by atoms with Gasteiger partial charge in [-0.3, -0.25) is 9.48 Å². The highest BCUT2D eigenvalue weighted by Gasteiger charge is 2.62. The summed E-state index contributed by atoms with van der Waals surface area (Å²) in [4.78, 5) is 13.6. The van der Waals surface area contributed by atoms with E-state index in [1.165, 1.54) is 6.07 Å². The number of rotatable bonds is 3. The first-order chi connectivity index (χ1) is 13.4. The lowest BCUT2D eigenvalue weighted by molar-refractivity contribution is 0.216. The summed E-state index contributed by atoms with van der Waals surface area (Å²) in [5, 5.41) is 0. The summed E-state index contributed by atoms with van der Waals surface area (Å²) >= 11 is 0. The second-order valence-electron chi connectivity index (χ2n) is 9.02. The molecular formula is C24H25FN2O. The number of nitrogens with zero attached hydrogens (tertiary/aromatic N) is 2. The lowest BCUT2D eigenvalue weighted by Gasteiger charge is -2.36. The van der Waals surface area contributed by atoms with Crippen LogP contribution in [0.25, 0.3) is 5.69 Å². The molecule has 1 fully saturated rings. The second kappa shape index (κ2) is 5.69. The molecule has 2 unspecified atom stereocenters. The van der Waals surface area contributed by atoms with Crippen molar-refractivity contribution in [2.24, 2.45) is 5.41 Å². The Morgan fingerprint density at radius 3 is 2.43 bits per heavy atom. The molecule has 2 aliphatic rings. The summed E-state index contributed by atoms with van der Waals surface area (Å²) in [5.41, 5.74) is 3.33. The fraction of sp³-hybridized carbons (Fsp3) is 0.375. The summed E-state index contributed by atoms with van der Waals surface area (Å²) in [7, 11) is 0. The number of benzene rings is 2. The molecule has 0 radical (unpaired) electrons. The van der Waals surface area contributed by atoms with Crippen molar-refractivity contribution in [3.05, 3.63) is 87.6 Å². The Balaban J connectivity index is 1.82. The van der Waals surface area contributed by atoms with Crippen molar-refractivity contribution in [3.63, 3.8) is 0 Å². The van der Waals surface area contributed by atoms with Crippen LogP contribution >= 0.6 is 0 Å². The zero-order valence-corrected chi connectivity index (χ0v) is 16.6. The maximum absolute atomic E-state index is 14.7. The summed E-state index contributed by atoms with van der Waals surface area (Å²) in [6, 6.07) is 16.7. The van der Waals surface area contributed by atoms with Crippen LogP contribution in [0, 0.1) is 11.2 Å². The number of aromatic nitrogens is 2. The third kappa shape index (κ3) is 2.06. The predicted octanol–water partition coefficient (Wildman–Crippen LogP) is 5.00. The van der Waals surface area contributed by atoms with Crippen LogP contribution in [0.5, 0.6) is 0 Å². The van der Waals surface area contributed by atoms with Gasteiger partial charge in [-0.25, -0.2) is 9.07 Å². The van der Waals surface area contributed by atoms with E-state index in [2.05, 4.69) is 32.9 Å². The molecule has 2 aliphatic carbocycles. The Labute approximate surface area is 164 Å². The molecule has 4 heteroatoms. The van der Waals surface area contributed by atoms with E-state index in [1.807, 2.05) is 22.9 Å². The van der Waals surface area contributed by atoms with Crippen LogP contribution in [0.2, 0.25) is 0 Å². The van der Waals surface area contributed by atoms with E-state index in [-0.39, 0.29) is 28.1 Å². The van der Waals surface area contributed by atoms with Gasteiger partial charge in [0.1, 0.15) is 11.5 Å². The first-order valence-electron chi connectivity index (χ1n) is 10.0. The average Bonchev–Trinajstić information content (AvgIpc) is 3.15. The van der Waals surface area contributed by atoms with Crippen molar-refractivity contribution in [1.82, 2.24) is 9.36 Å². The highest BCUT2D eigenvalue weighted by Crippen LogP contribution is 2.67. The van der Waals surface area contributed by atoms with Gasteiger partial charge in [0.15, 0.2) is 0 Å². The highest BCUT2D eigenvalue weighted by molar-refractivity contribution is 5.48. The minimum atomic E-state index is -0.369. The third-order valence-electron chi connectivity index (χ3n) is 7.53. The van der Waals surface area contributed by atoms with Crippen LogP contribution in [0.4, 0.5) is 4.39 Å². The number of para-hydroxylation sites is 1. The van der Waals surface area contributed by atoms with Crippen LogP contribution < -0.4 is 5.56 Å². The van der Waals surface area contributed by atoms with E-state index < -0.39 is 0 Å². The molecule has 1 aromatic heterocycles. The Morgan fingerprint density at radius 2 is 1.71 bits per heavy atom. The summed E-state index contributed by atoms with van der Waals surface area (Å²) in [5.74, 6) is -0.137. The van der Waals surface area contributed by atoms with Gasteiger partial charge in [-0.15, -0.1) is 0 Å². The Morgan fingerprint density at radius 1 is 1.04 bits per heavy atom. The number of fused-ring (bicyclic) bond motifs is 5. The van der Waals surface area contributed by atoms with Gasteiger partial charge in [-0.1, -0.05) is 63.2 Å². The Bertz CT molecular complexity index is 1130. The Hall–Kier alpha value is -2.62. The molecule has 0 N–H and O–H groups in total. The first kappa shape index (κ1) is 17.5. The largest absolute Gasteiger partial charge is 0.277 e. The zero-order valence-electron chi connectivity index (χ0n) is 16.6. The maximum atomic E-state index is 14.7. The van der Waals surface area contributed by atoms with Crippen LogP contribution in [0.1, 0.15) is 56.4 Å². The first-order valence-corrected chi connectivity index (χ1v) is 10.0. The molecule has 3 aromatic rings. The van der Waals surface area contributed by atoms with E-state index in [0.29, 0.717) is 12.2 Å². The second-order valence-corrected chi connectivity index (χ2v) is 9.02. The van der Waals surface area contributed by atoms with E-state index in [0.717, 1.165) is 29.7 Å². The average molecular weight is 376 g/mol. The normalized spacial score (nSPS) is 24.5. The van der Waals surface area contributed by atoms with Crippen molar-refractivity contribution in [1.29, 1.82) is 0 Å². The van der Waals surface area contributed by atoms with Gasteiger partial charge in [0.25, 0.3) is 5.56 Å². The minimum Gasteiger partial charge on any atom is -0.277 e. The number of halogens is 1. The smallest absolute Gasteiger partial charge is 0.275 e. The lowest BCUT2D eigenvalue weighted by atomic mass is 9.70. The van der Waals surface area contributed by atoms with Crippen LogP contribution in [0.3, 0.4) is 0 Å². The van der Waals surface area contributed by atoms with E-state index in [1.54, 1.807) is 22.9 Å². The SMILES string of the molecule is CC12CCC(c3c1n(Cc1ccccc1)n(-c1ccccc1F)c3=O)C2(C)C. The summed E-state index contributed by atoms with van der Waals surface area (Å²) < 4.78 is 18.4. The van der Waals surface area contributed by atoms with Gasteiger partial charge < -0.3 is 0 Å². The third-order valence-corrected chi connectivity index (χ3v) is 7.53. The van der Waals surface area contributed by atoms with Gasteiger partial charge in [0.2, 0.25) is 0 Å². The Kier molecular flexibility index (Phi) is 3.55. The molecule has 0 amide bonds. The molecule has 2 aromatic carbocycles. The molecule has 5 rings (SSSR count). The van der Waals surface area contributed by atoms with Gasteiger partial charge in [0, 0.05) is 11.0 Å².